The van der Waals surface area contributed by atoms with Crippen molar-refractivity contribution in [1.82, 2.24) is 15.0 Å². The molecule has 5 rings (SSSR count). The van der Waals surface area contributed by atoms with Gasteiger partial charge >= 0.3 is 12.1 Å². The summed E-state index contributed by atoms with van der Waals surface area (Å²) in [6.07, 6.45) is -1.40. The summed E-state index contributed by atoms with van der Waals surface area (Å²) in [7, 11) is 0. The summed E-state index contributed by atoms with van der Waals surface area (Å²) in [4.78, 5) is 28.8. The van der Waals surface area contributed by atoms with Gasteiger partial charge in [-0.05, 0) is 31.9 Å². The number of rotatable bonds is 8. The van der Waals surface area contributed by atoms with Gasteiger partial charge in [0.15, 0.2) is 11.4 Å². The first-order valence-electron chi connectivity index (χ1n) is 13.4. The number of carbonyl (C=O) groups excluding carboxylic acids is 1. The highest BCUT2D eigenvalue weighted by Gasteiger charge is 2.36. The second-order valence-corrected chi connectivity index (χ2v) is 10.6. The molecule has 2 aliphatic rings. The first-order valence-corrected chi connectivity index (χ1v) is 14.3. The third-order valence-electron chi connectivity index (χ3n) is 7.09. The minimum absolute atomic E-state index is 0.115. The summed E-state index contributed by atoms with van der Waals surface area (Å²) >= 11 is 1.16. The second kappa shape index (κ2) is 12.6. The van der Waals surface area contributed by atoms with Crippen molar-refractivity contribution >= 4 is 33.9 Å². The molecule has 1 atom stereocenters. The first-order chi connectivity index (χ1) is 19.7. The summed E-state index contributed by atoms with van der Waals surface area (Å²) in [5.41, 5.74) is 0.348. The molecule has 0 aliphatic carbocycles. The van der Waals surface area contributed by atoms with Crippen molar-refractivity contribution in [3.63, 3.8) is 0 Å². The maximum absolute atomic E-state index is 13.9. The standard InChI is InChI=1S/C27H31F3N6O4S/c1-2-40-25(38)17-5-7-36(8-6-17)23-15-31-20(14-32-23)24(37)34-26-33-21(16-41-26)18-3-4-22(19(13-18)27(28,29)30)35-9-11-39-12-10-35/h3-4,13-17,24,37H,2,5-12H2,1H3,(H,33,34). The number of hydrogen-bond donors (Lipinski definition) is 2. The van der Waals surface area contributed by atoms with E-state index >= 15 is 0 Å². The number of aliphatic hydroxyl groups excluding tert-OH is 1. The van der Waals surface area contributed by atoms with Crippen LogP contribution < -0.4 is 15.1 Å². The number of thiazole rings is 1. The first kappa shape index (κ1) is 29.0. The number of anilines is 3. The number of benzene rings is 1. The molecule has 14 heteroatoms. The van der Waals surface area contributed by atoms with E-state index in [9.17, 15) is 23.1 Å². The van der Waals surface area contributed by atoms with E-state index in [1.165, 1.54) is 12.3 Å². The summed E-state index contributed by atoms with van der Waals surface area (Å²) < 4.78 is 52.2. The van der Waals surface area contributed by atoms with Gasteiger partial charge in [0.05, 0.1) is 49.4 Å². The number of aliphatic hydroxyl groups is 1. The fourth-order valence-corrected chi connectivity index (χ4v) is 5.65. The van der Waals surface area contributed by atoms with Gasteiger partial charge in [-0.15, -0.1) is 11.3 Å². The Morgan fingerprint density at radius 2 is 1.93 bits per heavy atom. The lowest BCUT2D eigenvalue weighted by molar-refractivity contribution is -0.148. The average molecular weight is 593 g/mol. The molecule has 0 amide bonds. The molecule has 0 saturated carbocycles. The van der Waals surface area contributed by atoms with E-state index in [-0.39, 0.29) is 23.3 Å². The van der Waals surface area contributed by atoms with Crippen molar-refractivity contribution in [3.8, 4) is 11.3 Å². The van der Waals surface area contributed by atoms with Gasteiger partial charge in [0, 0.05) is 42.8 Å². The highest BCUT2D eigenvalue weighted by Crippen LogP contribution is 2.40. The van der Waals surface area contributed by atoms with Gasteiger partial charge < -0.3 is 29.7 Å². The quantitative estimate of drug-likeness (QED) is 0.289. The summed E-state index contributed by atoms with van der Waals surface area (Å²) in [6.45, 7) is 4.99. The van der Waals surface area contributed by atoms with Crippen molar-refractivity contribution in [2.24, 2.45) is 5.92 Å². The van der Waals surface area contributed by atoms with E-state index in [4.69, 9.17) is 9.47 Å². The van der Waals surface area contributed by atoms with Crippen LogP contribution in [0.1, 0.15) is 37.3 Å². The molecule has 1 aromatic carbocycles. The third kappa shape index (κ3) is 6.88. The number of nitrogens with one attached hydrogen (secondary N) is 1. The van der Waals surface area contributed by atoms with E-state index in [0.717, 1.165) is 17.4 Å². The van der Waals surface area contributed by atoms with Crippen LogP contribution >= 0.6 is 11.3 Å². The lowest BCUT2D eigenvalue weighted by Crippen LogP contribution is -2.37. The summed E-state index contributed by atoms with van der Waals surface area (Å²) in [6, 6.07) is 4.20. The van der Waals surface area contributed by atoms with Crippen LogP contribution in [0.15, 0.2) is 36.0 Å². The molecule has 2 saturated heterocycles. The van der Waals surface area contributed by atoms with E-state index in [0.29, 0.717) is 81.0 Å². The van der Waals surface area contributed by atoms with Crippen LogP contribution in [-0.4, -0.2) is 72.0 Å². The summed E-state index contributed by atoms with van der Waals surface area (Å²) in [5.74, 6) is 0.357. The minimum atomic E-state index is -4.53. The van der Waals surface area contributed by atoms with Crippen molar-refractivity contribution in [2.45, 2.75) is 32.2 Å². The molecule has 10 nitrogen and oxygen atoms in total. The maximum atomic E-state index is 13.9. The predicted octanol–water partition coefficient (Wildman–Crippen LogP) is 4.34. The lowest BCUT2D eigenvalue weighted by atomic mass is 9.97. The van der Waals surface area contributed by atoms with Crippen LogP contribution in [0.2, 0.25) is 0 Å². The van der Waals surface area contributed by atoms with Crippen LogP contribution in [0.3, 0.4) is 0 Å². The zero-order chi connectivity index (χ0) is 29.0. The van der Waals surface area contributed by atoms with Gasteiger partial charge in [0.1, 0.15) is 11.5 Å². The highest BCUT2D eigenvalue weighted by atomic mass is 32.1. The van der Waals surface area contributed by atoms with Gasteiger partial charge in [-0.25, -0.2) is 9.97 Å². The molecule has 2 aromatic heterocycles. The van der Waals surface area contributed by atoms with Gasteiger partial charge in [-0.3, -0.25) is 9.78 Å². The van der Waals surface area contributed by atoms with Crippen LogP contribution in [0.5, 0.6) is 0 Å². The minimum Gasteiger partial charge on any atom is -0.466 e. The Bertz CT molecular complexity index is 1330. The van der Waals surface area contributed by atoms with Crippen molar-refractivity contribution in [2.75, 3.05) is 61.1 Å². The smallest absolute Gasteiger partial charge is 0.418 e. The summed E-state index contributed by atoms with van der Waals surface area (Å²) in [5, 5.41) is 15.4. The van der Waals surface area contributed by atoms with Gasteiger partial charge in [-0.2, -0.15) is 13.2 Å². The van der Waals surface area contributed by atoms with Crippen LogP contribution in [0.4, 0.5) is 29.8 Å². The van der Waals surface area contributed by atoms with Gasteiger partial charge in [-0.1, -0.05) is 6.07 Å². The molecule has 220 valence electrons. The number of nitrogens with zero attached hydrogens (tertiary/aromatic N) is 5. The predicted molar refractivity (Wildman–Crippen MR) is 148 cm³/mol. The normalized spacial score (nSPS) is 17.4. The van der Waals surface area contributed by atoms with E-state index < -0.39 is 18.0 Å². The number of piperidine rings is 1. The Labute approximate surface area is 239 Å². The average Bonchev–Trinajstić information content (AvgIpc) is 3.45. The maximum Gasteiger partial charge on any atom is 0.418 e. The van der Waals surface area contributed by atoms with E-state index in [2.05, 4.69) is 20.3 Å². The molecule has 2 aliphatic heterocycles. The molecule has 41 heavy (non-hydrogen) atoms. The Morgan fingerprint density at radius 1 is 1.17 bits per heavy atom. The van der Waals surface area contributed by atoms with Gasteiger partial charge in [0.2, 0.25) is 0 Å². The molecule has 0 radical (unpaired) electrons. The third-order valence-corrected chi connectivity index (χ3v) is 7.86. The molecule has 3 aromatic rings. The molecular weight excluding hydrogens is 561 g/mol. The zero-order valence-electron chi connectivity index (χ0n) is 22.4. The number of hydrogen-bond acceptors (Lipinski definition) is 11. The largest absolute Gasteiger partial charge is 0.466 e. The Kier molecular flexibility index (Phi) is 8.90. The fourth-order valence-electron chi connectivity index (χ4n) is 4.91. The molecule has 0 spiro atoms. The number of esters is 1. The Balaban J connectivity index is 1.22. The fraction of sp³-hybridized carbons (Fsp3) is 0.481. The van der Waals surface area contributed by atoms with Gasteiger partial charge in [0.25, 0.3) is 0 Å². The number of halogens is 3. The Morgan fingerprint density at radius 3 is 2.59 bits per heavy atom. The van der Waals surface area contributed by atoms with Crippen molar-refractivity contribution in [3.05, 3.63) is 47.2 Å². The molecule has 1 unspecified atom stereocenters. The van der Waals surface area contributed by atoms with E-state index in [1.54, 1.807) is 29.5 Å². The van der Waals surface area contributed by atoms with Crippen LogP contribution in [0, 0.1) is 5.92 Å². The van der Waals surface area contributed by atoms with E-state index in [1.807, 2.05) is 4.90 Å². The zero-order valence-corrected chi connectivity index (χ0v) is 23.2. The number of morpholine rings is 1. The topological polar surface area (TPSA) is 113 Å². The number of alkyl halides is 3. The molecule has 0 bridgehead atoms. The second-order valence-electron chi connectivity index (χ2n) is 9.73. The van der Waals surface area contributed by atoms with Crippen molar-refractivity contribution in [1.29, 1.82) is 0 Å². The molecule has 4 heterocycles. The number of ether oxygens (including phenoxy) is 2. The number of carbonyl (C=O) groups is 1. The van der Waals surface area contributed by atoms with Crippen molar-refractivity contribution < 1.29 is 32.5 Å². The SMILES string of the molecule is CCOC(=O)C1CCN(c2cnc(C(O)Nc3nc(-c4ccc(N5CCOCC5)c(C(F)(F)F)c4)cs3)cn2)CC1. The van der Waals surface area contributed by atoms with Crippen LogP contribution in [0.25, 0.3) is 11.3 Å². The monoisotopic (exact) mass is 592 g/mol. The molecule has 2 N–H and O–H groups in total. The lowest BCUT2D eigenvalue weighted by Gasteiger charge is -2.31. The number of aromatic nitrogens is 3. The highest BCUT2D eigenvalue weighted by molar-refractivity contribution is 7.14. The van der Waals surface area contributed by atoms with Crippen LogP contribution in [-0.2, 0) is 20.4 Å². The molecule has 2 fully saturated rings. The molecular formula is C27H31F3N6O4S. The Hall–Kier alpha value is -3.49.